The molecule has 0 aliphatic rings. The van der Waals surface area contributed by atoms with Crippen LogP contribution in [0, 0.1) is 0 Å². The Morgan fingerprint density at radius 1 is 1.05 bits per heavy atom. The van der Waals surface area contributed by atoms with E-state index in [0.29, 0.717) is 6.54 Å². The van der Waals surface area contributed by atoms with E-state index in [1.807, 2.05) is 24.4 Å². The average Bonchev–Trinajstić information content (AvgIpc) is 2.97. The van der Waals surface area contributed by atoms with Crippen LogP contribution in [0.3, 0.4) is 0 Å². The number of hydrogen-bond acceptors (Lipinski definition) is 2. The van der Waals surface area contributed by atoms with E-state index in [9.17, 15) is 4.79 Å². The van der Waals surface area contributed by atoms with Crippen molar-refractivity contribution < 1.29 is 0 Å². The summed E-state index contributed by atoms with van der Waals surface area (Å²) in [5.74, 6) is 0. The predicted molar refractivity (Wildman–Crippen MR) is 87.3 cm³/mol. The third-order valence-electron chi connectivity index (χ3n) is 3.09. The maximum atomic E-state index is 11.9. The van der Waals surface area contributed by atoms with Gasteiger partial charge in [-0.3, -0.25) is 4.79 Å². The molecule has 0 bridgehead atoms. The maximum absolute atomic E-state index is 11.9. The molecule has 2 nitrogen and oxygen atoms in total. The Balaban J connectivity index is 2.03. The fourth-order valence-corrected chi connectivity index (χ4v) is 3.31. The zero-order valence-corrected chi connectivity index (χ0v) is 13.0. The van der Waals surface area contributed by atoms with E-state index in [4.69, 9.17) is 0 Å². The summed E-state index contributed by atoms with van der Waals surface area (Å²) >= 11 is 5.12. The molecule has 100 valence electrons. The number of benzene rings is 1. The van der Waals surface area contributed by atoms with Gasteiger partial charge in [-0.25, -0.2) is 0 Å². The molecule has 2 heterocycles. The van der Waals surface area contributed by atoms with Crippen LogP contribution in [0.4, 0.5) is 0 Å². The lowest BCUT2D eigenvalue weighted by Crippen LogP contribution is -2.19. The fraction of sp³-hybridized carbons (Fsp3) is 0.0625. The molecule has 0 radical (unpaired) electrons. The van der Waals surface area contributed by atoms with Gasteiger partial charge in [-0.1, -0.05) is 30.3 Å². The maximum Gasteiger partial charge on any atom is 0.250 e. The quantitative estimate of drug-likeness (QED) is 0.690. The van der Waals surface area contributed by atoms with E-state index in [0.717, 1.165) is 10.0 Å². The first kappa shape index (κ1) is 13.3. The zero-order chi connectivity index (χ0) is 13.9. The molecule has 2 aromatic heterocycles. The van der Waals surface area contributed by atoms with Crippen molar-refractivity contribution in [2.75, 3.05) is 0 Å². The predicted octanol–water partition coefficient (Wildman–Crippen LogP) is 4.39. The molecule has 0 fully saturated rings. The van der Waals surface area contributed by atoms with Crippen LogP contribution in [0.5, 0.6) is 0 Å². The number of halogens is 1. The lowest BCUT2D eigenvalue weighted by atomic mass is 10.1. The molecule has 0 atom stereocenters. The van der Waals surface area contributed by atoms with E-state index in [1.54, 1.807) is 28.0 Å². The van der Waals surface area contributed by atoms with E-state index >= 15 is 0 Å². The summed E-state index contributed by atoms with van der Waals surface area (Å²) in [6, 6.07) is 15.7. The molecule has 0 aliphatic carbocycles. The average molecular weight is 346 g/mol. The second kappa shape index (κ2) is 5.77. The van der Waals surface area contributed by atoms with Crippen molar-refractivity contribution in [2.45, 2.75) is 6.54 Å². The highest BCUT2D eigenvalue weighted by Gasteiger charge is 2.07. The van der Waals surface area contributed by atoms with E-state index < -0.39 is 0 Å². The Labute approximate surface area is 129 Å². The first-order valence-corrected chi connectivity index (χ1v) is 7.89. The summed E-state index contributed by atoms with van der Waals surface area (Å²) in [6.45, 7) is 0.576. The highest BCUT2D eigenvalue weighted by atomic mass is 79.9. The second-order valence-corrected chi connectivity index (χ2v) is 6.31. The van der Waals surface area contributed by atoms with Crippen LogP contribution in [-0.4, -0.2) is 4.57 Å². The third kappa shape index (κ3) is 2.76. The lowest BCUT2D eigenvalue weighted by Gasteiger charge is -2.10. The number of nitrogens with zero attached hydrogens (tertiary/aromatic N) is 1. The summed E-state index contributed by atoms with van der Waals surface area (Å²) in [6.07, 6.45) is 1.83. The van der Waals surface area contributed by atoms with Gasteiger partial charge in [-0.2, -0.15) is 0 Å². The molecule has 0 spiro atoms. The van der Waals surface area contributed by atoms with Gasteiger partial charge in [-0.05, 0) is 44.6 Å². The molecule has 0 aliphatic heterocycles. The van der Waals surface area contributed by atoms with Gasteiger partial charge in [0, 0.05) is 21.6 Å². The Kier molecular flexibility index (Phi) is 3.85. The van der Waals surface area contributed by atoms with E-state index in [1.165, 1.54) is 10.4 Å². The van der Waals surface area contributed by atoms with Gasteiger partial charge in [0.25, 0.3) is 5.56 Å². The molecule has 3 rings (SSSR count). The molecule has 4 heteroatoms. The largest absolute Gasteiger partial charge is 0.310 e. The van der Waals surface area contributed by atoms with Crippen LogP contribution in [0.1, 0.15) is 5.56 Å². The van der Waals surface area contributed by atoms with Crippen molar-refractivity contribution >= 4 is 27.3 Å². The summed E-state index contributed by atoms with van der Waals surface area (Å²) in [4.78, 5) is 13.1. The topological polar surface area (TPSA) is 22.0 Å². The van der Waals surface area contributed by atoms with Gasteiger partial charge in [0.2, 0.25) is 0 Å². The van der Waals surface area contributed by atoms with Crippen molar-refractivity contribution in [2.24, 2.45) is 0 Å². The molecule has 0 saturated carbocycles. The summed E-state index contributed by atoms with van der Waals surface area (Å²) < 4.78 is 2.63. The molecule has 1 aromatic carbocycles. The minimum absolute atomic E-state index is 0.00850. The highest BCUT2D eigenvalue weighted by molar-refractivity contribution is 9.10. The van der Waals surface area contributed by atoms with Gasteiger partial charge in [0.1, 0.15) is 0 Å². The third-order valence-corrected chi connectivity index (χ3v) is 4.46. The van der Waals surface area contributed by atoms with Crippen LogP contribution in [0.25, 0.3) is 10.4 Å². The van der Waals surface area contributed by atoms with Crippen molar-refractivity contribution in [3.05, 3.63) is 80.5 Å². The molecule has 3 aromatic rings. The monoisotopic (exact) mass is 345 g/mol. The van der Waals surface area contributed by atoms with Gasteiger partial charge in [0.05, 0.1) is 6.54 Å². The Morgan fingerprint density at radius 3 is 2.70 bits per heavy atom. The van der Waals surface area contributed by atoms with E-state index in [2.05, 4.69) is 39.5 Å². The van der Waals surface area contributed by atoms with Gasteiger partial charge >= 0.3 is 0 Å². The number of rotatable bonds is 3. The number of thiophene rings is 1. The Morgan fingerprint density at radius 2 is 1.90 bits per heavy atom. The Bertz CT molecular complexity index is 777. The molecule has 0 amide bonds. The van der Waals surface area contributed by atoms with Crippen molar-refractivity contribution in [1.82, 2.24) is 4.57 Å². The zero-order valence-electron chi connectivity index (χ0n) is 10.6. The molecule has 0 unspecified atom stereocenters. The van der Waals surface area contributed by atoms with E-state index in [-0.39, 0.29) is 5.56 Å². The number of hydrogen-bond donors (Lipinski definition) is 0. The molecule has 0 N–H and O–H groups in total. The van der Waals surface area contributed by atoms with Crippen molar-refractivity contribution in [3.8, 4) is 10.4 Å². The minimum atomic E-state index is 0.00850. The first-order chi connectivity index (χ1) is 9.74. The van der Waals surface area contributed by atoms with Crippen molar-refractivity contribution in [1.29, 1.82) is 0 Å². The summed E-state index contributed by atoms with van der Waals surface area (Å²) in [5.41, 5.74) is 2.35. The van der Waals surface area contributed by atoms with Gasteiger partial charge in [-0.15, -0.1) is 11.3 Å². The van der Waals surface area contributed by atoms with Crippen molar-refractivity contribution in [3.63, 3.8) is 0 Å². The summed E-state index contributed by atoms with van der Waals surface area (Å²) in [7, 11) is 0. The summed E-state index contributed by atoms with van der Waals surface area (Å²) in [5, 5.41) is 2.07. The molecular weight excluding hydrogens is 334 g/mol. The number of aromatic nitrogens is 1. The molecule has 0 saturated heterocycles. The Hall–Kier alpha value is -1.65. The van der Waals surface area contributed by atoms with Gasteiger partial charge in [0.15, 0.2) is 0 Å². The SMILES string of the molecule is O=c1ccc(Br)cn1Cc1ccccc1-c1cccs1. The second-order valence-electron chi connectivity index (χ2n) is 4.45. The van der Waals surface area contributed by atoms with Crippen LogP contribution in [0.2, 0.25) is 0 Å². The smallest absolute Gasteiger partial charge is 0.250 e. The molecule has 20 heavy (non-hydrogen) atoms. The van der Waals surface area contributed by atoms with Crippen LogP contribution < -0.4 is 5.56 Å². The van der Waals surface area contributed by atoms with Gasteiger partial charge < -0.3 is 4.57 Å². The van der Waals surface area contributed by atoms with Crippen LogP contribution in [-0.2, 0) is 6.54 Å². The highest BCUT2D eigenvalue weighted by Crippen LogP contribution is 2.28. The molecular formula is C16H12BrNOS. The number of pyridine rings is 1. The standard InChI is InChI=1S/C16H12BrNOS/c17-13-7-8-16(19)18(11-13)10-12-4-1-2-5-14(12)15-6-3-9-20-15/h1-9,11H,10H2. The fourth-order valence-electron chi connectivity index (χ4n) is 2.14. The normalized spacial score (nSPS) is 10.7. The van der Waals surface area contributed by atoms with Crippen LogP contribution >= 0.6 is 27.3 Å². The van der Waals surface area contributed by atoms with Crippen LogP contribution in [0.15, 0.2) is 69.4 Å². The lowest BCUT2D eigenvalue weighted by molar-refractivity contribution is 0.757. The first-order valence-electron chi connectivity index (χ1n) is 6.22. The minimum Gasteiger partial charge on any atom is -0.310 e.